The van der Waals surface area contributed by atoms with E-state index in [9.17, 15) is 8.42 Å². The van der Waals surface area contributed by atoms with Gasteiger partial charge in [0.1, 0.15) is 12.4 Å². The van der Waals surface area contributed by atoms with Crippen molar-refractivity contribution in [2.24, 2.45) is 0 Å². The Morgan fingerprint density at radius 3 is 1.11 bits per heavy atom. The number of benzene rings is 1. The average molecular weight is 843 g/mol. The predicted molar refractivity (Wildman–Crippen MR) is 215 cm³/mol. The maximum absolute atomic E-state index is 10.4. The van der Waals surface area contributed by atoms with Gasteiger partial charge in [-0.2, -0.15) is 8.42 Å². The zero-order valence-electron chi connectivity index (χ0n) is 34.8. The normalized spacial score (nSPS) is 11.8. The van der Waals surface area contributed by atoms with E-state index in [4.69, 9.17) is 61.4 Å². The lowest BCUT2D eigenvalue weighted by molar-refractivity contribution is -0.0279. The highest BCUT2D eigenvalue weighted by Gasteiger charge is 2.06. The zero-order chi connectivity index (χ0) is 41.2. The lowest BCUT2D eigenvalue weighted by Crippen LogP contribution is -2.16. The number of hydrogen-bond acceptors (Lipinski definition) is 15. The summed E-state index contributed by atoms with van der Waals surface area (Å²) in [5.74, 6) is 0.973. The van der Waals surface area contributed by atoms with Crippen molar-refractivity contribution in [1.82, 2.24) is 0 Å². The van der Waals surface area contributed by atoms with E-state index < -0.39 is 10.4 Å². The fraction of sp³-hybridized carbons (Fsp3) is 0.850. The van der Waals surface area contributed by atoms with Crippen LogP contribution in [-0.2, 0) is 73.1 Å². The average Bonchev–Trinajstić information content (AvgIpc) is 3.19. The molecule has 0 unspecified atom stereocenters. The maximum Gasteiger partial charge on any atom is 0.397 e. The first-order chi connectivity index (χ1) is 27.9. The van der Waals surface area contributed by atoms with Gasteiger partial charge in [0.15, 0.2) is 0 Å². The first-order valence-corrected chi connectivity index (χ1v) is 22.0. The molecule has 0 amide bonds. The van der Waals surface area contributed by atoms with E-state index in [0.29, 0.717) is 139 Å². The Kier molecular flexibility index (Phi) is 38.6. The van der Waals surface area contributed by atoms with Crippen LogP contribution in [0.3, 0.4) is 0 Å². The van der Waals surface area contributed by atoms with Crippen LogP contribution in [0.4, 0.5) is 0 Å². The quantitative estimate of drug-likeness (QED) is 0.0708. The highest BCUT2D eigenvalue weighted by Crippen LogP contribution is 2.23. The van der Waals surface area contributed by atoms with Crippen molar-refractivity contribution < 1.29 is 74.0 Å². The fourth-order valence-electron chi connectivity index (χ4n) is 5.03. The number of ether oxygens (including phenoxy) is 12. The van der Waals surface area contributed by atoms with Crippen LogP contribution in [0.1, 0.15) is 63.0 Å². The van der Waals surface area contributed by atoms with E-state index >= 15 is 0 Å². The summed E-state index contributed by atoms with van der Waals surface area (Å²) >= 11 is 0. The molecule has 0 aliphatic heterocycles. The highest BCUT2D eigenvalue weighted by molar-refractivity contribution is 7.80. The van der Waals surface area contributed by atoms with Crippen molar-refractivity contribution in [3.8, 4) is 5.75 Å². The van der Waals surface area contributed by atoms with Gasteiger partial charge in [0.05, 0.1) is 152 Å². The Bertz CT molecular complexity index is 1100. The van der Waals surface area contributed by atoms with E-state index in [1.165, 1.54) is 56.1 Å². The smallest absolute Gasteiger partial charge is 0.397 e. The van der Waals surface area contributed by atoms with Crippen LogP contribution < -0.4 is 4.74 Å². The van der Waals surface area contributed by atoms with Gasteiger partial charge in [-0.25, -0.2) is 4.18 Å². The van der Waals surface area contributed by atoms with Crippen molar-refractivity contribution in [2.75, 3.05) is 159 Å². The Labute approximate surface area is 342 Å². The Hall–Kier alpha value is -1.55. The molecule has 0 saturated heterocycles. The van der Waals surface area contributed by atoms with Crippen molar-refractivity contribution in [3.05, 3.63) is 29.3 Å². The summed E-state index contributed by atoms with van der Waals surface area (Å²) in [7, 11) is -4.43. The molecular formula is C40H74O16S. The molecule has 0 atom stereocenters. The summed E-state index contributed by atoms with van der Waals surface area (Å²) in [4.78, 5) is 0. The molecule has 1 rings (SSSR count). The van der Waals surface area contributed by atoms with E-state index in [-0.39, 0.29) is 19.8 Å². The molecule has 16 nitrogen and oxygen atoms in total. The second kappa shape index (κ2) is 41.2. The second-order valence-corrected chi connectivity index (χ2v) is 13.9. The third-order valence-electron chi connectivity index (χ3n) is 7.93. The first-order valence-electron chi connectivity index (χ1n) is 20.6. The van der Waals surface area contributed by atoms with E-state index in [1.807, 2.05) is 0 Å². The van der Waals surface area contributed by atoms with Crippen LogP contribution >= 0.6 is 0 Å². The number of aryl methyl sites for hydroxylation is 2. The largest absolute Gasteiger partial charge is 0.491 e. The second-order valence-electron chi connectivity index (χ2n) is 12.8. The SMILES string of the molecule is CCCCCCCCCc1cc(C)ccc1OCCOCCOCCOCCOCCOCCOCCOCCOCCOCCOCCOCCOS(=O)(=O)O. The number of rotatable bonds is 46. The van der Waals surface area contributed by atoms with Gasteiger partial charge in [0, 0.05) is 0 Å². The van der Waals surface area contributed by atoms with E-state index in [2.05, 4.69) is 36.2 Å². The molecule has 1 aromatic carbocycles. The molecule has 0 aliphatic carbocycles. The molecule has 1 N–H and O–H groups in total. The van der Waals surface area contributed by atoms with Crippen LogP contribution in [0.5, 0.6) is 5.75 Å². The number of hydrogen-bond donors (Lipinski definition) is 1. The van der Waals surface area contributed by atoms with Crippen LogP contribution in [0.25, 0.3) is 0 Å². The third-order valence-corrected chi connectivity index (χ3v) is 8.40. The van der Waals surface area contributed by atoms with Crippen LogP contribution in [-0.4, -0.2) is 172 Å². The van der Waals surface area contributed by atoms with Crippen molar-refractivity contribution in [3.63, 3.8) is 0 Å². The summed E-state index contributed by atoms with van der Waals surface area (Å²) < 4.78 is 99.3. The molecule has 336 valence electrons. The molecule has 1 aromatic rings. The molecule has 0 radical (unpaired) electrons. The van der Waals surface area contributed by atoms with Gasteiger partial charge in [-0.15, -0.1) is 0 Å². The molecular weight excluding hydrogens is 768 g/mol. The summed E-state index contributed by atoms with van der Waals surface area (Å²) in [6, 6.07) is 6.44. The molecule has 0 spiro atoms. The lowest BCUT2D eigenvalue weighted by atomic mass is 10.0. The van der Waals surface area contributed by atoms with Gasteiger partial charge < -0.3 is 56.8 Å². The molecule has 0 saturated carbocycles. The fourth-order valence-corrected chi connectivity index (χ4v) is 5.31. The molecule has 0 aromatic heterocycles. The summed E-state index contributed by atoms with van der Waals surface area (Å²) in [6.07, 6.45) is 10.2. The summed E-state index contributed by atoms with van der Waals surface area (Å²) in [5.41, 5.74) is 2.57. The van der Waals surface area contributed by atoms with Gasteiger partial charge in [0.2, 0.25) is 0 Å². The van der Waals surface area contributed by atoms with Gasteiger partial charge in [-0.1, -0.05) is 63.1 Å². The zero-order valence-corrected chi connectivity index (χ0v) is 35.7. The standard InChI is InChI=1S/C40H74O16S/c1-3-4-5-6-7-8-9-10-39-37-38(2)11-12-40(39)55-35-33-53-31-29-51-27-25-49-23-21-47-19-17-45-15-13-44-14-16-46-18-20-48-22-24-50-26-28-52-30-32-54-34-36-56-57(41,42)43/h11-12,37H,3-10,13-36H2,1-2H3,(H,41,42,43). The predicted octanol–water partition coefficient (Wildman–Crippen LogP) is 4.67. The van der Waals surface area contributed by atoms with Gasteiger partial charge >= 0.3 is 10.4 Å². The molecule has 0 bridgehead atoms. The van der Waals surface area contributed by atoms with Crippen LogP contribution in [0, 0.1) is 6.92 Å². The van der Waals surface area contributed by atoms with Crippen molar-refractivity contribution >= 4 is 10.4 Å². The molecule has 0 heterocycles. The van der Waals surface area contributed by atoms with Gasteiger partial charge in [0.25, 0.3) is 0 Å². The third kappa shape index (κ3) is 39.7. The summed E-state index contributed by atoms with van der Waals surface area (Å²) in [6.45, 7) is 14.4. The van der Waals surface area contributed by atoms with Gasteiger partial charge in [-0.3, -0.25) is 4.55 Å². The topological polar surface area (TPSA) is 174 Å². The minimum absolute atomic E-state index is 0.0297. The Balaban J connectivity index is 1.73. The minimum atomic E-state index is -4.43. The van der Waals surface area contributed by atoms with Crippen molar-refractivity contribution in [2.45, 2.75) is 65.2 Å². The first kappa shape index (κ1) is 53.5. The molecule has 0 fully saturated rings. The summed E-state index contributed by atoms with van der Waals surface area (Å²) in [5, 5.41) is 0. The van der Waals surface area contributed by atoms with E-state index in [1.54, 1.807) is 0 Å². The molecule has 0 aliphatic rings. The molecule has 17 heteroatoms. The Morgan fingerprint density at radius 2 is 0.754 bits per heavy atom. The highest BCUT2D eigenvalue weighted by atomic mass is 32.3. The van der Waals surface area contributed by atoms with Crippen LogP contribution in [0.15, 0.2) is 18.2 Å². The maximum atomic E-state index is 10.4. The molecule has 57 heavy (non-hydrogen) atoms. The van der Waals surface area contributed by atoms with Gasteiger partial charge in [-0.05, 0) is 31.4 Å². The monoisotopic (exact) mass is 842 g/mol. The van der Waals surface area contributed by atoms with Crippen LogP contribution in [0.2, 0.25) is 0 Å². The Morgan fingerprint density at radius 1 is 0.439 bits per heavy atom. The minimum Gasteiger partial charge on any atom is -0.491 e. The van der Waals surface area contributed by atoms with E-state index in [0.717, 1.165) is 12.2 Å². The lowest BCUT2D eigenvalue weighted by Gasteiger charge is -2.13. The van der Waals surface area contributed by atoms with Crippen molar-refractivity contribution in [1.29, 1.82) is 0 Å². The number of unbranched alkanes of at least 4 members (excludes halogenated alkanes) is 6.